The van der Waals surface area contributed by atoms with Gasteiger partial charge in [0.25, 0.3) is 0 Å². The number of hydrogen-bond acceptors (Lipinski definition) is 3. The quantitative estimate of drug-likeness (QED) is 0.556. The molecule has 0 bridgehead atoms. The summed E-state index contributed by atoms with van der Waals surface area (Å²) in [5.41, 5.74) is 1.28. The molecule has 154 valence electrons. The first-order valence-electron chi connectivity index (χ1n) is 11.4. The van der Waals surface area contributed by atoms with E-state index >= 15 is 0 Å². The maximum atomic E-state index is 11.9. The number of benzene rings is 1. The van der Waals surface area contributed by atoms with Gasteiger partial charge in [0.2, 0.25) is 0 Å². The van der Waals surface area contributed by atoms with Gasteiger partial charge in [-0.1, -0.05) is 57.2 Å². The van der Waals surface area contributed by atoms with Crippen molar-refractivity contribution >= 4 is 6.09 Å². The molecular weight excluding hydrogens is 350 g/mol. The van der Waals surface area contributed by atoms with Crippen molar-refractivity contribution in [3.63, 3.8) is 0 Å². The number of rotatable bonds is 9. The Morgan fingerprint density at radius 3 is 2.71 bits per heavy atom. The van der Waals surface area contributed by atoms with Crippen molar-refractivity contribution in [1.82, 2.24) is 4.90 Å². The van der Waals surface area contributed by atoms with Gasteiger partial charge in [0.05, 0.1) is 6.54 Å². The van der Waals surface area contributed by atoms with E-state index < -0.39 is 0 Å². The van der Waals surface area contributed by atoms with Crippen molar-refractivity contribution in [2.45, 2.75) is 83.3 Å². The van der Waals surface area contributed by atoms with Crippen molar-refractivity contribution in [3.8, 4) is 5.75 Å². The molecule has 4 rings (SSSR count). The monoisotopic (exact) mass is 385 g/mol. The highest BCUT2D eigenvalue weighted by molar-refractivity contribution is 5.70. The third-order valence-corrected chi connectivity index (χ3v) is 6.65. The zero-order chi connectivity index (χ0) is 19.3. The number of carbonyl (C=O) groups is 1. The van der Waals surface area contributed by atoms with E-state index in [9.17, 15) is 4.79 Å². The number of hydrogen-bond donors (Lipinski definition) is 0. The fourth-order valence-electron chi connectivity index (χ4n) is 4.86. The van der Waals surface area contributed by atoms with Crippen LogP contribution in [0.3, 0.4) is 0 Å². The summed E-state index contributed by atoms with van der Waals surface area (Å²) in [5, 5.41) is 0. The van der Waals surface area contributed by atoms with Crippen LogP contribution in [-0.2, 0) is 11.2 Å². The highest BCUT2D eigenvalue weighted by Crippen LogP contribution is 2.32. The number of ether oxygens (including phenoxy) is 2. The fraction of sp³-hybridized carbons (Fsp3) is 0.708. The molecule has 0 aromatic heterocycles. The number of amides is 1. The first-order valence-corrected chi connectivity index (χ1v) is 11.4. The van der Waals surface area contributed by atoms with E-state index in [0.717, 1.165) is 36.8 Å². The largest absolute Gasteiger partial charge is 0.489 e. The molecule has 1 amide bonds. The number of nitrogens with zero attached hydrogens (tertiary/aromatic N) is 1. The Morgan fingerprint density at radius 1 is 1.14 bits per heavy atom. The summed E-state index contributed by atoms with van der Waals surface area (Å²) in [5.74, 6) is 2.66. The van der Waals surface area contributed by atoms with E-state index in [1.807, 2.05) is 11.0 Å². The molecule has 0 N–H and O–H groups in total. The van der Waals surface area contributed by atoms with Crippen LogP contribution in [-0.4, -0.2) is 36.3 Å². The van der Waals surface area contributed by atoms with Gasteiger partial charge >= 0.3 is 6.09 Å². The van der Waals surface area contributed by atoms with Gasteiger partial charge in [0.15, 0.2) is 6.10 Å². The summed E-state index contributed by atoms with van der Waals surface area (Å²) in [7, 11) is 0. The van der Waals surface area contributed by atoms with Gasteiger partial charge in [-0.3, -0.25) is 0 Å². The van der Waals surface area contributed by atoms with Crippen molar-refractivity contribution in [3.05, 3.63) is 29.8 Å². The van der Waals surface area contributed by atoms with E-state index in [1.54, 1.807) is 0 Å². The Morgan fingerprint density at radius 2 is 1.93 bits per heavy atom. The van der Waals surface area contributed by atoms with Crippen LogP contribution >= 0.6 is 0 Å². The SMILES string of the molecule is CC(CCc1ccccc1OCC1CN(C2CC2)C(=O)O1)CC1CCCCC1. The van der Waals surface area contributed by atoms with Crippen LogP contribution in [0, 0.1) is 11.8 Å². The lowest BCUT2D eigenvalue weighted by molar-refractivity contribution is 0.102. The lowest BCUT2D eigenvalue weighted by atomic mass is 9.82. The lowest BCUT2D eigenvalue weighted by Gasteiger charge is -2.24. The van der Waals surface area contributed by atoms with E-state index in [4.69, 9.17) is 9.47 Å². The molecule has 3 fully saturated rings. The summed E-state index contributed by atoms with van der Waals surface area (Å²) in [6, 6.07) is 8.77. The van der Waals surface area contributed by atoms with Crippen LogP contribution in [0.2, 0.25) is 0 Å². The van der Waals surface area contributed by atoms with Gasteiger partial charge in [-0.05, 0) is 55.6 Å². The van der Waals surface area contributed by atoms with Gasteiger partial charge < -0.3 is 14.4 Å². The average molecular weight is 386 g/mol. The third-order valence-electron chi connectivity index (χ3n) is 6.65. The second-order valence-electron chi connectivity index (χ2n) is 9.19. The highest BCUT2D eigenvalue weighted by atomic mass is 16.6. The van der Waals surface area contributed by atoms with E-state index in [1.165, 1.54) is 50.5 Å². The molecule has 1 aromatic rings. The first kappa shape index (κ1) is 19.6. The predicted octanol–water partition coefficient (Wildman–Crippen LogP) is 5.59. The van der Waals surface area contributed by atoms with Gasteiger partial charge in [0, 0.05) is 6.04 Å². The van der Waals surface area contributed by atoms with Crippen molar-refractivity contribution < 1.29 is 14.3 Å². The number of para-hydroxylation sites is 1. The second kappa shape index (κ2) is 9.19. The smallest absolute Gasteiger partial charge is 0.410 e. The predicted molar refractivity (Wildman–Crippen MR) is 111 cm³/mol. The van der Waals surface area contributed by atoms with Crippen LogP contribution in [0.15, 0.2) is 24.3 Å². The minimum absolute atomic E-state index is 0.147. The maximum Gasteiger partial charge on any atom is 0.410 e. The van der Waals surface area contributed by atoms with Crippen LogP contribution in [0.25, 0.3) is 0 Å². The maximum absolute atomic E-state index is 11.9. The van der Waals surface area contributed by atoms with Gasteiger partial charge in [-0.25, -0.2) is 4.79 Å². The summed E-state index contributed by atoms with van der Waals surface area (Å²) in [6.45, 7) is 3.52. The topological polar surface area (TPSA) is 38.8 Å². The zero-order valence-electron chi connectivity index (χ0n) is 17.3. The number of aryl methyl sites for hydroxylation is 1. The second-order valence-corrected chi connectivity index (χ2v) is 9.19. The summed E-state index contributed by atoms with van der Waals surface area (Å²) >= 11 is 0. The van der Waals surface area contributed by atoms with Crippen molar-refractivity contribution in [2.75, 3.05) is 13.2 Å². The molecule has 4 nitrogen and oxygen atoms in total. The molecule has 1 aliphatic heterocycles. The van der Waals surface area contributed by atoms with Crippen LogP contribution in [0.4, 0.5) is 4.79 Å². The van der Waals surface area contributed by atoms with E-state index in [2.05, 4.69) is 25.1 Å². The van der Waals surface area contributed by atoms with Crippen LogP contribution < -0.4 is 4.74 Å². The molecule has 2 saturated carbocycles. The number of carbonyl (C=O) groups excluding carboxylic acids is 1. The molecule has 1 heterocycles. The summed E-state index contributed by atoms with van der Waals surface area (Å²) in [4.78, 5) is 13.8. The van der Waals surface area contributed by atoms with Crippen molar-refractivity contribution in [2.24, 2.45) is 11.8 Å². The molecule has 2 unspecified atom stereocenters. The van der Waals surface area contributed by atoms with Crippen molar-refractivity contribution in [1.29, 1.82) is 0 Å². The Bertz CT molecular complexity index is 651. The average Bonchev–Trinajstić information content (AvgIpc) is 3.48. The third kappa shape index (κ3) is 5.21. The molecule has 4 heteroatoms. The molecule has 1 saturated heterocycles. The standard InChI is InChI=1S/C24H35NO3/c1-18(15-19-7-3-2-4-8-19)11-12-20-9-5-6-10-23(20)27-17-22-16-25(21-13-14-21)24(26)28-22/h5-6,9-10,18-19,21-22H,2-4,7-8,11-17H2,1H3. The Kier molecular flexibility index (Phi) is 6.43. The first-order chi connectivity index (χ1) is 13.7. The minimum Gasteiger partial charge on any atom is -0.489 e. The molecule has 0 radical (unpaired) electrons. The van der Waals surface area contributed by atoms with Crippen LogP contribution in [0.5, 0.6) is 5.75 Å². The molecule has 2 atom stereocenters. The molecule has 1 aromatic carbocycles. The lowest BCUT2D eigenvalue weighted by Crippen LogP contribution is -2.28. The van der Waals surface area contributed by atoms with Gasteiger partial charge in [0.1, 0.15) is 12.4 Å². The molecule has 28 heavy (non-hydrogen) atoms. The Hall–Kier alpha value is -1.71. The Balaban J connectivity index is 1.24. The molecule has 0 spiro atoms. The molecular formula is C24H35NO3. The normalized spacial score (nSPS) is 24.2. The molecule has 3 aliphatic rings. The summed E-state index contributed by atoms with van der Waals surface area (Å²) < 4.78 is 11.6. The van der Waals surface area contributed by atoms with Gasteiger partial charge in [-0.15, -0.1) is 0 Å². The van der Waals surface area contributed by atoms with Crippen LogP contribution in [0.1, 0.15) is 70.3 Å². The minimum atomic E-state index is -0.166. The summed E-state index contributed by atoms with van der Waals surface area (Å²) in [6.07, 6.45) is 12.7. The Labute approximate surface area is 169 Å². The fourth-order valence-corrected chi connectivity index (χ4v) is 4.86. The van der Waals surface area contributed by atoms with E-state index in [0.29, 0.717) is 19.2 Å². The van der Waals surface area contributed by atoms with E-state index in [-0.39, 0.29) is 12.2 Å². The van der Waals surface area contributed by atoms with Gasteiger partial charge in [-0.2, -0.15) is 0 Å². The number of cyclic esters (lactones) is 1. The zero-order valence-corrected chi connectivity index (χ0v) is 17.3. The highest BCUT2D eigenvalue weighted by Gasteiger charge is 2.41. The molecule has 2 aliphatic carbocycles.